The van der Waals surface area contributed by atoms with E-state index in [1.807, 2.05) is 76.2 Å². The molecule has 4 rings (SSSR count). The van der Waals surface area contributed by atoms with Crippen LogP contribution in [0.25, 0.3) is 21.8 Å². The van der Waals surface area contributed by atoms with Gasteiger partial charge in [-0.25, -0.2) is 4.79 Å². The number of hydrogen-bond acceptors (Lipinski definition) is 5. The lowest BCUT2D eigenvalue weighted by atomic mass is 9.97. The van der Waals surface area contributed by atoms with Crippen molar-refractivity contribution in [3.8, 4) is 0 Å². The minimum atomic E-state index is -1.25. The van der Waals surface area contributed by atoms with Crippen LogP contribution in [0.3, 0.4) is 0 Å². The predicted octanol–water partition coefficient (Wildman–Crippen LogP) is 3.39. The zero-order valence-corrected chi connectivity index (χ0v) is 26.2. The molecule has 0 radical (unpaired) electrons. The third-order valence-electron chi connectivity index (χ3n) is 8.35. The number of amides is 3. The zero-order valence-electron chi connectivity index (χ0n) is 26.2. The average molecular weight is 617 g/mol. The number of hydrogen-bond donors (Lipinski definition) is 7. The number of carboxylic acids is 1. The molecular weight excluding hydrogens is 572 g/mol. The summed E-state index contributed by atoms with van der Waals surface area (Å²) in [5.74, 6) is -2.86. The van der Waals surface area contributed by atoms with E-state index in [4.69, 9.17) is 5.73 Å². The van der Waals surface area contributed by atoms with Crippen molar-refractivity contribution in [3.63, 3.8) is 0 Å². The number of para-hydroxylation sites is 2. The molecule has 3 amide bonds. The average Bonchev–Trinajstić information content (AvgIpc) is 3.62. The maximum atomic E-state index is 13.8. The number of H-pyrrole nitrogens is 2. The molecule has 11 nitrogen and oxygen atoms in total. The Morgan fingerprint density at radius 2 is 1.20 bits per heavy atom. The van der Waals surface area contributed by atoms with Gasteiger partial charge >= 0.3 is 5.97 Å². The van der Waals surface area contributed by atoms with Gasteiger partial charge in [-0.3, -0.25) is 14.4 Å². The number of carboxylic acid groups (broad SMARTS) is 1. The number of fused-ring (bicyclic) bond motifs is 2. The molecule has 2 heterocycles. The quantitative estimate of drug-likeness (QED) is 0.107. The van der Waals surface area contributed by atoms with Crippen molar-refractivity contribution in [2.75, 3.05) is 0 Å². The molecular formula is C34H44N6O5. The predicted molar refractivity (Wildman–Crippen MR) is 174 cm³/mol. The monoisotopic (exact) mass is 616 g/mol. The van der Waals surface area contributed by atoms with Crippen molar-refractivity contribution in [1.82, 2.24) is 25.9 Å². The number of aliphatic carboxylic acids is 1. The summed E-state index contributed by atoms with van der Waals surface area (Å²) < 4.78 is 0. The Labute approximate surface area is 262 Å². The summed E-state index contributed by atoms with van der Waals surface area (Å²) >= 11 is 0. The maximum absolute atomic E-state index is 13.8. The fourth-order valence-corrected chi connectivity index (χ4v) is 5.48. The van der Waals surface area contributed by atoms with Gasteiger partial charge in [0.25, 0.3) is 0 Å². The van der Waals surface area contributed by atoms with Gasteiger partial charge in [-0.05, 0) is 41.5 Å². The van der Waals surface area contributed by atoms with Crippen LogP contribution in [0.1, 0.15) is 51.7 Å². The maximum Gasteiger partial charge on any atom is 0.326 e. The van der Waals surface area contributed by atoms with Crippen LogP contribution in [-0.2, 0) is 32.0 Å². The summed E-state index contributed by atoms with van der Waals surface area (Å²) in [6.07, 6.45) is 4.67. The molecule has 0 saturated carbocycles. The van der Waals surface area contributed by atoms with Gasteiger partial charge in [-0.15, -0.1) is 0 Å². The number of aromatic nitrogens is 2. The molecule has 8 N–H and O–H groups in total. The second-order valence-corrected chi connectivity index (χ2v) is 12.2. The number of benzene rings is 2. The fourth-order valence-electron chi connectivity index (χ4n) is 5.48. The van der Waals surface area contributed by atoms with E-state index in [9.17, 15) is 24.3 Å². The molecule has 0 aliphatic rings. The minimum Gasteiger partial charge on any atom is -0.480 e. The van der Waals surface area contributed by atoms with E-state index >= 15 is 0 Å². The first kappa shape index (κ1) is 33.3. The van der Waals surface area contributed by atoms with Gasteiger partial charge in [0.1, 0.15) is 18.1 Å². The van der Waals surface area contributed by atoms with Crippen molar-refractivity contribution in [1.29, 1.82) is 0 Å². The van der Waals surface area contributed by atoms with Gasteiger partial charge < -0.3 is 36.8 Å². The van der Waals surface area contributed by atoms with E-state index in [1.54, 1.807) is 12.4 Å². The molecule has 0 saturated heterocycles. The molecule has 0 aliphatic heterocycles. The van der Waals surface area contributed by atoms with Gasteiger partial charge in [0.05, 0.1) is 6.04 Å². The van der Waals surface area contributed by atoms with E-state index in [1.165, 1.54) is 0 Å². The number of nitrogens with two attached hydrogens (primary N) is 1. The summed E-state index contributed by atoms with van der Waals surface area (Å²) in [7, 11) is 0. The summed E-state index contributed by atoms with van der Waals surface area (Å²) in [5.41, 5.74) is 9.39. The van der Waals surface area contributed by atoms with Crippen LogP contribution in [-0.4, -0.2) is 62.9 Å². The number of nitrogens with one attached hydrogen (secondary N) is 5. The Morgan fingerprint density at radius 3 is 1.71 bits per heavy atom. The Kier molecular flexibility index (Phi) is 11.0. The van der Waals surface area contributed by atoms with Crippen LogP contribution >= 0.6 is 0 Å². The molecule has 0 bridgehead atoms. The van der Waals surface area contributed by atoms with E-state index in [0.29, 0.717) is 12.8 Å². The molecule has 0 spiro atoms. The molecule has 0 aliphatic carbocycles. The molecule has 45 heavy (non-hydrogen) atoms. The van der Waals surface area contributed by atoms with Gasteiger partial charge in [0, 0.05) is 47.0 Å². The van der Waals surface area contributed by atoms with Gasteiger partial charge in [-0.2, -0.15) is 0 Å². The van der Waals surface area contributed by atoms with Crippen LogP contribution in [0.4, 0.5) is 0 Å². The van der Waals surface area contributed by atoms with Crippen molar-refractivity contribution in [2.24, 2.45) is 17.6 Å². The van der Waals surface area contributed by atoms with Crippen LogP contribution in [0.2, 0.25) is 0 Å². The number of carbonyl (C=O) groups is 4. The lowest BCUT2D eigenvalue weighted by Crippen LogP contribution is -2.58. The zero-order chi connectivity index (χ0) is 32.7. The Hall–Kier alpha value is -4.64. The highest BCUT2D eigenvalue weighted by Crippen LogP contribution is 2.21. The van der Waals surface area contributed by atoms with Crippen LogP contribution in [0.5, 0.6) is 0 Å². The molecule has 2 aromatic heterocycles. The third kappa shape index (κ3) is 8.30. The second kappa shape index (κ2) is 14.9. The smallest absolute Gasteiger partial charge is 0.326 e. The Morgan fingerprint density at radius 1 is 0.733 bits per heavy atom. The third-order valence-corrected chi connectivity index (χ3v) is 8.35. The van der Waals surface area contributed by atoms with Crippen LogP contribution in [0.15, 0.2) is 60.9 Å². The number of aromatic amines is 2. The summed E-state index contributed by atoms with van der Waals surface area (Å²) in [6, 6.07) is 11.0. The fraction of sp³-hybridized carbons (Fsp3) is 0.412. The van der Waals surface area contributed by atoms with Crippen molar-refractivity contribution in [2.45, 2.75) is 77.5 Å². The Balaban J connectivity index is 1.59. The van der Waals surface area contributed by atoms with Gasteiger partial charge in [0.2, 0.25) is 17.7 Å². The highest BCUT2D eigenvalue weighted by Gasteiger charge is 2.32. The first-order valence-corrected chi connectivity index (χ1v) is 15.5. The summed E-state index contributed by atoms with van der Waals surface area (Å²) in [4.78, 5) is 59.2. The van der Waals surface area contributed by atoms with Crippen LogP contribution < -0.4 is 21.7 Å². The molecule has 240 valence electrons. The summed E-state index contributed by atoms with van der Waals surface area (Å²) in [5, 5.41) is 20.1. The molecule has 0 fully saturated rings. The molecule has 4 aromatic rings. The lowest BCUT2D eigenvalue weighted by Gasteiger charge is -2.27. The normalized spacial score (nSPS) is 14.9. The van der Waals surface area contributed by atoms with Crippen molar-refractivity contribution < 1.29 is 24.3 Å². The number of carbonyl (C=O) groups excluding carboxylic acids is 3. The SMILES string of the molecule is CCC(C)C(N)C(=O)NC(CC(C)C)C(=O)NC(Cc1c[nH]c2ccccc12)C(=O)NC(Cc1c[nH]c2ccccc12)C(=O)O. The summed E-state index contributed by atoms with van der Waals surface area (Å²) in [6.45, 7) is 7.67. The topological polar surface area (TPSA) is 182 Å². The lowest BCUT2D eigenvalue weighted by molar-refractivity contribution is -0.142. The molecule has 5 unspecified atom stereocenters. The molecule has 11 heteroatoms. The number of rotatable bonds is 15. The molecule has 2 aromatic carbocycles. The van der Waals surface area contributed by atoms with E-state index in [0.717, 1.165) is 32.9 Å². The van der Waals surface area contributed by atoms with E-state index in [2.05, 4.69) is 25.9 Å². The van der Waals surface area contributed by atoms with Crippen molar-refractivity contribution >= 4 is 45.5 Å². The second-order valence-electron chi connectivity index (χ2n) is 12.2. The van der Waals surface area contributed by atoms with Gasteiger partial charge in [0.15, 0.2) is 0 Å². The van der Waals surface area contributed by atoms with E-state index in [-0.39, 0.29) is 24.7 Å². The van der Waals surface area contributed by atoms with Crippen molar-refractivity contribution in [3.05, 3.63) is 72.1 Å². The highest BCUT2D eigenvalue weighted by molar-refractivity contribution is 5.95. The molecule has 5 atom stereocenters. The van der Waals surface area contributed by atoms with Crippen LogP contribution in [0, 0.1) is 11.8 Å². The largest absolute Gasteiger partial charge is 0.480 e. The first-order chi connectivity index (χ1) is 21.5. The Bertz CT molecular complexity index is 1640. The van der Waals surface area contributed by atoms with E-state index < -0.39 is 47.9 Å². The first-order valence-electron chi connectivity index (χ1n) is 15.5. The minimum absolute atomic E-state index is 0.0401. The highest BCUT2D eigenvalue weighted by atomic mass is 16.4. The van der Waals surface area contributed by atoms with Gasteiger partial charge in [-0.1, -0.05) is 70.5 Å². The standard InChI is InChI=1S/C34H44N6O5/c1-5-20(4)30(35)33(43)39-27(14-19(2)3)31(41)38-28(15-21-17-36-25-12-8-6-10-23(21)25)32(42)40-29(34(44)45)16-22-18-37-26-13-9-7-11-24(22)26/h6-13,17-20,27-30,36-37H,5,14-16,35H2,1-4H3,(H,38,41)(H,39,43)(H,40,42)(H,44,45).